The van der Waals surface area contributed by atoms with Crippen LogP contribution in [0, 0.1) is 0 Å². The van der Waals surface area contributed by atoms with Gasteiger partial charge in [0.2, 0.25) is 5.76 Å². The number of aromatic carboxylic acids is 1. The summed E-state index contributed by atoms with van der Waals surface area (Å²) in [5, 5.41) is 12.5. The van der Waals surface area contributed by atoms with Crippen molar-refractivity contribution in [2.45, 2.75) is 19.6 Å². The number of fused-ring (bicyclic) bond motifs is 1. The summed E-state index contributed by atoms with van der Waals surface area (Å²) in [5.41, 5.74) is 3.29. The van der Waals surface area contributed by atoms with Gasteiger partial charge >= 0.3 is 5.97 Å². The van der Waals surface area contributed by atoms with Crippen molar-refractivity contribution in [3.8, 4) is 0 Å². The van der Waals surface area contributed by atoms with Crippen LogP contribution in [0.25, 0.3) is 0 Å². The third-order valence-electron chi connectivity index (χ3n) is 3.06. The van der Waals surface area contributed by atoms with Gasteiger partial charge in [-0.1, -0.05) is 29.4 Å². The lowest BCUT2D eigenvalue weighted by Crippen LogP contribution is -2.15. The van der Waals surface area contributed by atoms with E-state index in [2.05, 4.69) is 22.2 Å². The van der Waals surface area contributed by atoms with E-state index in [9.17, 15) is 4.79 Å². The van der Waals surface area contributed by atoms with Crippen molar-refractivity contribution in [3.63, 3.8) is 0 Å². The first-order valence-electron chi connectivity index (χ1n) is 5.70. The molecule has 0 unspecified atom stereocenters. The van der Waals surface area contributed by atoms with Crippen LogP contribution >= 0.6 is 0 Å². The number of benzene rings is 1. The molecule has 0 aliphatic carbocycles. The van der Waals surface area contributed by atoms with Crippen LogP contribution < -0.4 is 0 Å². The van der Waals surface area contributed by atoms with Gasteiger partial charge in [-0.2, -0.15) is 0 Å². The van der Waals surface area contributed by atoms with Crippen molar-refractivity contribution in [3.05, 3.63) is 52.9 Å². The fraction of sp³-hybridized carbons (Fsp3) is 0.231. The molecule has 1 N–H and O–H groups in total. The summed E-state index contributed by atoms with van der Waals surface area (Å²) in [6, 6.07) is 9.76. The smallest absolute Gasteiger partial charge is 0.374 e. The van der Waals surface area contributed by atoms with Gasteiger partial charge in [-0.25, -0.2) is 4.79 Å². The number of carboxylic acids is 1. The van der Waals surface area contributed by atoms with Gasteiger partial charge < -0.3 is 9.63 Å². The molecule has 18 heavy (non-hydrogen) atoms. The van der Waals surface area contributed by atoms with Crippen molar-refractivity contribution in [2.75, 3.05) is 0 Å². The molecule has 0 fully saturated rings. The second-order valence-electron chi connectivity index (χ2n) is 4.40. The molecule has 1 aliphatic heterocycles. The molecule has 2 heterocycles. The summed E-state index contributed by atoms with van der Waals surface area (Å²) in [5.74, 6) is -1.19. The highest BCUT2D eigenvalue weighted by molar-refractivity contribution is 5.84. The number of nitrogens with zero attached hydrogens (tertiary/aromatic N) is 2. The zero-order valence-electron chi connectivity index (χ0n) is 9.67. The first-order chi connectivity index (χ1) is 8.72. The summed E-state index contributed by atoms with van der Waals surface area (Å²) >= 11 is 0. The van der Waals surface area contributed by atoms with Gasteiger partial charge in [0.25, 0.3) is 0 Å². The Hall–Kier alpha value is -2.14. The molecule has 0 saturated heterocycles. The maximum absolute atomic E-state index is 10.7. The van der Waals surface area contributed by atoms with Crippen LogP contribution in [0.1, 0.15) is 27.4 Å². The number of rotatable bonds is 3. The molecule has 2 aromatic rings. The molecule has 0 saturated carbocycles. The monoisotopic (exact) mass is 244 g/mol. The Balaban J connectivity index is 1.70. The summed E-state index contributed by atoms with van der Waals surface area (Å²) < 4.78 is 4.74. The molecule has 0 amide bonds. The predicted octanol–water partition coefficient (Wildman–Crippen LogP) is 1.89. The second kappa shape index (κ2) is 4.27. The van der Waals surface area contributed by atoms with E-state index in [1.54, 1.807) is 0 Å². The van der Waals surface area contributed by atoms with Gasteiger partial charge in [0.1, 0.15) is 0 Å². The van der Waals surface area contributed by atoms with Crippen LogP contribution in [0.15, 0.2) is 34.9 Å². The molecule has 92 valence electrons. The lowest BCUT2D eigenvalue weighted by atomic mass is 10.1. The average Bonchev–Trinajstić information content (AvgIpc) is 2.94. The fourth-order valence-corrected chi connectivity index (χ4v) is 2.23. The van der Waals surface area contributed by atoms with Gasteiger partial charge in [0, 0.05) is 25.7 Å². The Morgan fingerprint density at radius 3 is 2.56 bits per heavy atom. The molecule has 0 spiro atoms. The Morgan fingerprint density at radius 1 is 1.33 bits per heavy atom. The first-order valence-corrected chi connectivity index (χ1v) is 5.70. The van der Waals surface area contributed by atoms with E-state index < -0.39 is 5.97 Å². The highest BCUT2D eigenvalue weighted by Crippen LogP contribution is 2.23. The van der Waals surface area contributed by atoms with E-state index in [4.69, 9.17) is 9.63 Å². The van der Waals surface area contributed by atoms with E-state index in [-0.39, 0.29) is 5.76 Å². The highest BCUT2D eigenvalue weighted by atomic mass is 16.5. The number of hydrogen-bond acceptors (Lipinski definition) is 4. The van der Waals surface area contributed by atoms with Crippen LogP contribution in [0.3, 0.4) is 0 Å². The molecule has 0 bridgehead atoms. The van der Waals surface area contributed by atoms with E-state index >= 15 is 0 Å². The summed E-state index contributed by atoms with van der Waals surface area (Å²) in [6.45, 7) is 2.34. The maximum atomic E-state index is 10.7. The molecule has 3 rings (SSSR count). The summed E-state index contributed by atoms with van der Waals surface area (Å²) in [7, 11) is 0. The van der Waals surface area contributed by atoms with Crippen molar-refractivity contribution in [1.29, 1.82) is 0 Å². The molecular weight excluding hydrogens is 232 g/mol. The highest BCUT2D eigenvalue weighted by Gasteiger charge is 2.20. The minimum Gasteiger partial charge on any atom is -0.475 e. The van der Waals surface area contributed by atoms with Gasteiger partial charge in [-0.15, -0.1) is 0 Å². The lowest BCUT2D eigenvalue weighted by Gasteiger charge is -2.11. The fourth-order valence-electron chi connectivity index (χ4n) is 2.23. The Morgan fingerprint density at radius 2 is 2.00 bits per heavy atom. The molecule has 0 atom stereocenters. The number of aromatic nitrogens is 1. The van der Waals surface area contributed by atoms with Crippen LogP contribution in [-0.4, -0.2) is 21.1 Å². The molecule has 1 aromatic carbocycles. The lowest BCUT2D eigenvalue weighted by molar-refractivity contribution is 0.0652. The van der Waals surface area contributed by atoms with E-state index in [0.717, 1.165) is 13.1 Å². The van der Waals surface area contributed by atoms with Crippen molar-refractivity contribution >= 4 is 5.97 Å². The first kappa shape index (κ1) is 11.0. The van der Waals surface area contributed by atoms with E-state index in [1.165, 1.54) is 17.2 Å². The third-order valence-corrected chi connectivity index (χ3v) is 3.06. The topological polar surface area (TPSA) is 66.6 Å². The molecule has 1 aliphatic rings. The largest absolute Gasteiger partial charge is 0.475 e. The van der Waals surface area contributed by atoms with Crippen molar-refractivity contribution in [1.82, 2.24) is 10.1 Å². The molecule has 5 nitrogen and oxygen atoms in total. The van der Waals surface area contributed by atoms with Crippen LogP contribution in [-0.2, 0) is 19.6 Å². The summed E-state index contributed by atoms with van der Waals surface area (Å²) in [4.78, 5) is 12.9. The third kappa shape index (κ3) is 2.00. The van der Waals surface area contributed by atoms with Crippen molar-refractivity contribution in [2.24, 2.45) is 0 Å². The summed E-state index contributed by atoms with van der Waals surface area (Å²) in [6.07, 6.45) is 0. The number of carbonyl (C=O) groups is 1. The molecule has 0 radical (unpaired) electrons. The minimum absolute atomic E-state index is 0.110. The van der Waals surface area contributed by atoms with Gasteiger partial charge in [-0.3, -0.25) is 4.90 Å². The van der Waals surface area contributed by atoms with Gasteiger partial charge in [0.05, 0.1) is 5.69 Å². The maximum Gasteiger partial charge on any atom is 0.374 e. The van der Waals surface area contributed by atoms with Crippen molar-refractivity contribution < 1.29 is 14.4 Å². The van der Waals surface area contributed by atoms with E-state index in [0.29, 0.717) is 12.2 Å². The normalized spacial score (nSPS) is 14.7. The predicted molar refractivity (Wildman–Crippen MR) is 62.9 cm³/mol. The standard InChI is InChI=1S/C13H12N2O3/c16-13(17)12-5-11(14-18-12)8-15-6-9-3-1-2-4-10(9)7-15/h1-5H,6-8H2,(H,16,17). The zero-order valence-corrected chi connectivity index (χ0v) is 9.67. The van der Waals surface area contributed by atoms with E-state index in [1.807, 2.05) is 12.1 Å². The molecule has 1 aromatic heterocycles. The quantitative estimate of drug-likeness (QED) is 0.893. The minimum atomic E-state index is -1.08. The van der Waals surface area contributed by atoms with Crippen LogP contribution in [0.4, 0.5) is 0 Å². The van der Waals surface area contributed by atoms with Crippen LogP contribution in [0.5, 0.6) is 0 Å². The Bertz CT molecular complexity index is 566. The Kier molecular flexibility index (Phi) is 2.60. The second-order valence-corrected chi connectivity index (χ2v) is 4.40. The van der Waals surface area contributed by atoms with Gasteiger partial charge in [-0.05, 0) is 11.1 Å². The van der Waals surface area contributed by atoms with Crippen LogP contribution in [0.2, 0.25) is 0 Å². The number of carboxylic acid groups (broad SMARTS) is 1. The Labute approximate surface area is 104 Å². The average molecular weight is 244 g/mol. The number of hydrogen-bond donors (Lipinski definition) is 1. The SMILES string of the molecule is O=C(O)c1cc(CN2Cc3ccccc3C2)no1. The molecule has 5 heteroatoms. The zero-order chi connectivity index (χ0) is 12.5. The van der Waals surface area contributed by atoms with Gasteiger partial charge in [0.15, 0.2) is 0 Å². The molecular formula is C13H12N2O3.